The number of hydrogen-bond donors (Lipinski definition) is 2. The number of rotatable bonds is 7. The molecule has 1 unspecified atom stereocenters. The third-order valence-corrected chi connectivity index (χ3v) is 1.65. The maximum Gasteiger partial charge on any atom is 0.0758 e. The SMILES string of the molecule is C=CCC(=CC(O)CC=C)CC=C.N. The lowest BCUT2D eigenvalue weighted by Gasteiger charge is -2.05. The lowest BCUT2D eigenvalue weighted by Crippen LogP contribution is -2.01. The van der Waals surface area contributed by atoms with Crippen LogP contribution in [0.4, 0.5) is 0 Å². The molecular weight excluding hydrogens is 174 g/mol. The van der Waals surface area contributed by atoms with Crippen molar-refractivity contribution in [3.8, 4) is 0 Å². The van der Waals surface area contributed by atoms with Crippen LogP contribution in [-0.4, -0.2) is 11.2 Å². The van der Waals surface area contributed by atoms with Gasteiger partial charge in [-0.05, 0) is 19.3 Å². The summed E-state index contributed by atoms with van der Waals surface area (Å²) in [6.45, 7) is 10.9. The molecule has 80 valence electrons. The molecule has 0 bridgehead atoms. The van der Waals surface area contributed by atoms with E-state index in [4.69, 9.17) is 0 Å². The lowest BCUT2D eigenvalue weighted by molar-refractivity contribution is 0.226. The summed E-state index contributed by atoms with van der Waals surface area (Å²) in [4.78, 5) is 0. The highest BCUT2D eigenvalue weighted by atomic mass is 16.3. The number of hydrogen-bond acceptors (Lipinski definition) is 2. The van der Waals surface area contributed by atoms with Crippen LogP contribution in [0, 0.1) is 0 Å². The second-order valence-corrected chi connectivity index (χ2v) is 2.90. The Morgan fingerprint density at radius 2 is 1.57 bits per heavy atom. The minimum atomic E-state index is -0.424. The predicted molar refractivity (Wildman–Crippen MR) is 63.6 cm³/mol. The van der Waals surface area contributed by atoms with Crippen LogP contribution in [0.25, 0.3) is 0 Å². The molecular formula is C12H21NO. The van der Waals surface area contributed by atoms with E-state index in [1.807, 2.05) is 18.2 Å². The molecule has 0 heterocycles. The Kier molecular flexibility index (Phi) is 10.9. The second kappa shape index (κ2) is 9.96. The molecule has 0 spiro atoms. The molecule has 0 fully saturated rings. The van der Waals surface area contributed by atoms with Gasteiger partial charge in [0.2, 0.25) is 0 Å². The van der Waals surface area contributed by atoms with Crippen LogP contribution >= 0.6 is 0 Å². The third kappa shape index (κ3) is 7.53. The van der Waals surface area contributed by atoms with Crippen molar-refractivity contribution in [3.05, 3.63) is 49.6 Å². The normalized spacial score (nSPS) is 10.6. The zero-order valence-corrected chi connectivity index (χ0v) is 8.78. The van der Waals surface area contributed by atoms with Crippen molar-refractivity contribution in [2.75, 3.05) is 0 Å². The van der Waals surface area contributed by atoms with E-state index >= 15 is 0 Å². The molecule has 0 aromatic heterocycles. The van der Waals surface area contributed by atoms with E-state index in [0.717, 1.165) is 18.4 Å². The van der Waals surface area contributed by atoms with Gasteiger partial charge in [-0.2, -0.15) is 0 Å². The molecule has 0 aliphatic carbocycles. The van der Waals surface area contributed by atoms with Crippen LogP contribution in [0.1, 0.15) is 19.3 Å². The van der Waals surface area contributed by atoms with Gasteiger partial charge in [-0.3, -0.25) is 0 Å². The van der Waals surface area contributed by atoms with Crippen molar-refractivity contribution in [2.24, 2.45) is 0 Å². The molecule has 0 aromatic carbocycles. The van der Waals surface area contributed by atoms with Gasteiger partial charge in [-0.15, -0.1) is 19.7 Å². The van der Waals surface area contributed by atoms with Crippen LogP contribution in [0.3, 0.4) is 0 Å². The Morgan fingerprint density at radius 3 is 1.93 bits per heavy atom. The van der Waals surface area contributed by atoms with Gasteiger partial charge in [-0.25, -0.2) is 0 Å². The second-order valence-electron chi connectivity index (χ2n) is 2.90. The lowest BCUT2D eigenvalue weighted by atomic mass is 10.1. The van der Waals surface area contributed by atoms with E-state index in [2.05, 4.69) is 19.7 Å². The van der Waals surface area contributed by atoms with Gasteiger partial charge >= 0.3 is 0 Å². The van der Waals surface area contributed by atoms with E-state index < -0.39 is 6.10 Å². The molecule has 4 N–H and O–H groups in total. The van der Waals surface area contributed by atoms with E-state index in [-0.39, 0.29) is 6.15 Å². The Bertz CT molecular complexity index is 194. The van der Waals surface area contributed by atoms with Crippen LogP contribution in [-0.2, 0) is 0 Å². The summed E-state index contributed by atoms with van der Waals surface area (Å²) < 4.78 is 0. The summed E-state index contributed by atoms with van der Waals surface area (Å²) in [5.41, 5.74) is 1.15. The summed E-state index contributed by atoms with van der Waals surface area (Å²) in [5.74, 6) is 0. The zero-order valence-electron chi connectivity index (χ0n) is 8.78. The first-order valence-electron chi connectivity index (χ1n) is 4.45. The number of aliphatic hydroxyl groups excluding tert-OH is 1. The highest BCUT2D eigenvalue weighted by Crippen LogP contribution is 2.10. The van der Waals surface area contributed by atoms with Gasteiger partial charge < -0.3 is 11.3 Å². The predicted octanol–water partition coefficient (Wildman–Crippen LogP) is 3.16. The van der Waals surface area contributed by atoms with Crippen LogP contribution in [0.5, 0.6) is 0 Å². The number of aliphatic hydroxyl groups is 1. The third-order valence-electron chi connectivity index (χ3n) is 1.65. The molecule has 1 atom stereocenters. The standard InChI is InChI=1S/C12H18O.H3N/c1-4-7-11(8-5-2)10-12(13)9-6-3;/h4-6,10,12-13H,1-3,7-9H2;1H3. The molecule has 0 saturated heterocycles. The zero-order chi connectivity index (χ0) is 10.1. The summed E-state index contributed by atoms with van der Waals surface area (Å²) in [6.07, 6.45) is 9.00. The minimum Gasteiger partial charge on any atom is -0.389 e. The van der Waals surface area contributed by atoms with Crippen molar-refractivity contribution < 1.29 is 5.11 Å². The van der Waals surface area contributed by atoms with Gasteiger partial charge in [0.15, 0.2) is 0 Å². The molecule has 0 rings (SSSR count). The Balaban J connectivity index is 0. The van der Waals surface area contributed by atoms with Gasteiger partial charge in [0.25, 0.3) is 0 Å². The molecule has 0 aliphatic heterocycles. The first-order chi connectivity index (χ1) is 6.24. The van der Waals surface area contributed by atoms with Crippen molar-refractivity contribution in [3.63, 3.8) is 0 Å². The summed E-state index contributed by atoms with van der Waals surface area (Å²) in [7, 11) is 0. The van der Waals surface area contributed by atoms with Crippen molar-refractivity contribution in [1.29, 1.82) is 0 Å². The molecule has 14 heavy (non-hydrogen) atoms. The topological polar surface area (TPSA) is 55.2 Å². The first-order valence-corrected chi connectivity index (χ1v) is 4.45. The fourth-order valence-electron chi connectivity index (χ4n) is 1.10. The molecule has 2 heteroatoms. The first kappa shape index (κ1) is 15.4. The number of allylic oxidation sites excluding steroid dienone is 3. The van der Waals surface area contributed by atoms with Crippen LogP contribution in [0.2, 0.25) is 0 Å². The average Bonchev–Trinajstić information content (AvgIpc) is 2.05. The molecule has 0 amide bonds. The molecule has 0 aliphatic rings. The molecule has 0 aromatic rings. The maximum atomic E-state index is 9.46. The fraction of sp³-hybridized carbons (Fsp3) is 0.333. The van der Waals surface area contributed by atoms with Crippen molar-refractivity contribution in [2.45, 2.75) is 25.4 Å². The van der Waals surface area contributed by atoms with Gasteiger partial charge in [0.1, 0.15) is 0 Å². The Morgan fingerprint density at radius 1 is 1.07 bits per heavy atom. The summed E-state index contributed by atoms with van der Waals surface area (Å²) in [5, 5.41) is 9.46. The minimum absolute atomic E-state index is 0. The maximum absolute atomic E-state index is 9.46. The Labute approximate surface area is 86.9 Å². The van der Waals surface area contributed by atoms with Crippen molar-refractivity contribution >= 4 is 0 Å². The quantitative estimate of drug-likeness (QED) is 0.613. The molecule has 0 saturated carbocycles. The summed E-state index contributed by atoms with van der Waals surface area (Å²) >= 11 is 0. The van der Waals surface area contributed by atoms with E-state index in [9.17, 15) is 5.11 Å². The largest absolute Gasteiger partial charge is 0.389 e. The smallest absolute Gasteiger partial charge is 0.0758 e. The Hall–Kier alpha value is -1.12. The average molecular weight is 195 g/mol. The van der Waals surface area contributed by atoms with E-state index in [0.29, 0.717) is 6.42 Å². The van der Waals surface area contributed by atoms with Crippen LogP contribution in [0.15, 0.2) is 49.6 Å². The van der Waals surface area contributed by atoms with E-state index in [1.165, 1.54) is 0 Å². The van der Waals surface area contributed by atoms with Crippen molar-refractivity contribution in [1.82, 2.24) is 6.15 Å². The fourth-order valence-corrected chi connectivity index (χ4v) is 1.10. The highest BCUT2D eigenvalue weighted by molar-refractivity contribution is 5.12. The van der Waals surface area contributed by atoms with E-state index in [1.54, 1.807) is 6.08 Å². The highest BCUT2D eigenvalue weighted by Gasteiger charge is 1.99. The summed E-state index contributed by atoms with van der Waals surface area (Å²) in [6, 6.07) is 0. The van der Waals surface area contributed by atoms with Gasteiger partial charge in [-0.1, -0.05) is 29.9 Å². The molecule has 0 radical (unpaired) electrons. The van der Waals surface area contributed by atoms with Gasteiger partial charge in [0, 0.05) is 0 Å². The molecule has 2 nitrogen and oxygen atoms in total. The monoisotopic (exact) mass is 195 g/mol. The van der Waals surface area contributed by atoms with Gasteiger partial charge in [0.05, 0.1) is 6.10 Å². The van der Waals surface area contributed by atoms with Crippen LogP contribution < -0.4 is 6.15 Å².